The van der Waals surface area contributed by atoms with E-state index in [1.807, 2.05) is 0 Å². The topological polar surface area (TPSA) is 93.0 Å². The molecule has 1 rings (SSSR count). The quantitative estimate of drug-likeness (QED) is 0.466. The molecule has 106 valence electrons. The van der Waals surface area contributed by atoms with Crippen LogP contribution in [-0.4, -0.2) is 38.9 Å². The number of aliphatic hydroxyl groups is 1. The van der Waals surface area contributed by atoms with Gasteiger partial charge in [-0.25, -0.2) is 0 Å². The van der Waals surface area contributed by atoms with Crippen molar-refractivity contribution in [3.63, 3.8) is 0 Å². The Morgan fingerprint density at radius 2 is 1.84 bits per heavy atom. The molecule has 0 aliphatic carbocycles. The first-order valence-electron chi connectivity index (χ1n) is 5.40. The van der Waals surface area contributed by atoms with E-state index in [4.69, 9.17) is 33.6 Å². The normalized spacial score (nSPS) is 12.3. The molecule has 0 aliphatic rings. The maximum Gasteiger partial charge on any atom is 0.253 e. The van der Waals surface area contributed by atoms with Crippen molar-refractivity contribution in [3.8, 4) is 0 Å². The smallest absolute Gasteiger partial charge is 0.253 e. The number of rotatable bonds is 6. The van der Waals surface area contributed by atoms with Crippen LogP contribution in [0, 0.1) is 0 Å². The number of carbonyl (C=O) groups is 1. The first kappa shape index (κ1) is 16.0. The highest BCUT2D eigenvalue weighted by Gasteiger charge is 2.17. The summed E-state index contributed by atoms with van der Waals surface area (Å²) >= 11 is 10.8. The number of alkyl halides is 2. The fourth-order valence-corrected chi connectivity index (χ4v) is 1.60. The number of nitrogens with one attached hydrogen (secondary N) is 1. The van der Waals surface area contributed by atoms with Gasteiger partial charge in [0.15, 0.2) is 4.84 Å². The molecule has 1 amide bonds. The van der Waals surface area contributed by atoms with E-state index in [1.54, 1.807) is 12.1 Å². The summed E-state index contributed by atoms with van der Waals surface area (Å²) in [5.41, 5.74) is 1.00. The minimum absolute atomic E-state index is 0.000666. The van der Waals surface area contributed by atoms with Crippen LogP contribution >= 0.6 is 23.2 Å². The first-order valence-corrected chi connectivity index (χ1v) is 6.27. The van der Waals surface area contributed by atoms with Crippen molar-refractivity contribution in [2.24, 2.45) is 0 Å². The van der Waals surface area contributed by atoms with Crippen LogP contribution in [0.4, 0.5) is 5.69 Å². The highest BCUT2D eigenvalue weighted by atomic mass is 35.5. The van der Waals surface area contributed by atoms with Crippen LogP contribution in [0.15, 0.2) is 24.3 Å². The molecule has 0 bridgehead atoms. The molecule has 0 aromatic heterocycles. The Kier molecular flexibility index (Phi) is 6.33. The molecule has 6 nitrogen and oxygen atoms in total. The van der Waals surface area contributed by atoms with E-state index in [9.17, 15) is 9.90 Å². The maximum atomic E-state index is 11.3. The van der Waals surface area contributed by atoms with Crippen LogP contribution in [0.25, 0.3) is 0 Å². The number of carbonyl (C=O) groups excluding carboxylic acids is 1. The predicted molar refractivity (Wildman–Crippen MR) is 70.7 cm³/mol. The highest BCUT2D eigenvalue weighted by molar-refractivity contribution is 6.53. The summed E-state index contributed by atoms with van der Waals surface area (Å²) in [5.74, 6) is -0.573. The molecule has 1 atom stereocenters. The van der Waals surface area contributed by atoms with Gasteiger partial charge >= 0.3 is 0 Å². The molecule has 19 heavy (non-hydrogen) atoms. The van der Waals surface area contributed by atoms with Crippen LogP contribution in [0.1, 0.15) is 5.56 Å². The van der Waals surface area contributed by atoms with Crippen molar-refractivity contribution < 1.29 is 20.3 Å². The van der Waals surface area contributed by atoms with Gasteiger partial charge in [-0.1, -0.05) is 35.3 Å². The Morgan fingerprint density at radius 3 is 2.26 bits per heavy atom. The van der Waals surface area contributed by atoms with Crippen LogP contribution in [-0.2, 0) is 11.2 Å². The lowest BCUT2D eigenvalue weighted by molar-refractivity contribution is -0.120. The number of hydrogen-bond acceptors (Lipinski definition) is 5. The molecule has 0 saturated heterocycles. The summed E-state index contributed by atoms with van der Waals surface area (Å²) in [6.07, 6.45) is 0.361. The second kappa shape index (κ2) is 7.52. The van der Waals surface area contributed by atoms with E-state index in [2.05, 4.69) is 5.32 Å². The summed E-state index contributed by atoms with van der Waals surface area (Å²) in [7, 11) is 0. The van der Waals surface area contributed by atoms with Crippen molar-refractivity contribution in [2.45, 2.75) is 17.3 Å². The van der Waals surface area contributed by atoms with Crippen LogP contribution in [0.2, 0.25) is 0 Å². The summed E-state index contributed by atoms with van der Waals surface area (Å²) in [4.78, 5) is 10.1. The zero-order valence-electron chi connectivity index (χ0n) is 9.83. The molecule has 1 aromatic carbocycles. The Hall–Kier alpha value is -1.05. The molecule has 0 heterocycles. The van der Waals surface area contributed by atoms with Crippen molar-refractivity contribution >= 4 is 34.8 Å². The minimum atomic E-state index is -1.19. The molecular weight excluding hydrogens is 295 g/mol. The molecular formula is C11H14Cl2N2O4. The molecule has 4 N–H and O–H groups in total. The first-order chi connectivity index (χ1) is 8.93. The van der Waals surface area contributed by atoms with Gasteiger partial charge in [-0.05, 0) is 24.1 Å². The van der Waals surface area contributed by atoms with Gasteiger partial charge < -0.3 is 10.4 Å². The van der Waals surface area contributed by atoms with E-state index in [-0.39, 0.29) is 17.5 Å². The van der Waals surface area contributed by atoms with E-state index in [0.717, 1.165) is 5.56 Å². The maximum absolute atomic E-state index is 11.3. The third kappa shape index (κ3) is 5.22. The largest absolute Gasteiger partial charge is 0.394 e. The van der Waals surface area contributed by atoms with Crippen molar-refractivity contribution in [1.82, 2.24) is 5.32 Å². The van der Waals surface area contributed by atoms with E-state index in [0.29, 0.717) is 6.42 Å². The van der Waals surface area contributed by atoms with Gasteiger partial charge in [0, 0.05) is 0 Å². The van der Waals surface area contributed by atoms with Gasteiger partial charge in [0.05, 0.1) is 18.3 Å². The standard InChI is InChI=1S/C11H14Cl2N2O4/c12-10(13)11(17)14-8(6-16)5-7-1-3-9(4-2-7)15(18)19/h1-4,8,10,16,18-19H,5-6H2,(H,14,17). The lowest BCUT2D eigenvalue weighted by Crippen LogP contribution is -2.41. The van der Waals surface area contributed by atoms with Gasteiger partial charge in [0.25, 0.3) is 5.91 Å². The zero-order chi connectivity index (χ0) is 14.4. The van der Waals surface area contributed by atoms with Crippen molar-refractivity contribution in [3.05, 3.63) is 29.8 Å². The molecule has 0 spiro atoms. The lowest BCUT2D eigenvalue weighted by atomic mass is 10.1. The highest BCUT2D eigenvalue weighted by Crippen LogP contribution is 2.13. The average molecular weight is 309 g/mol. The Bertz CT molecular complexity index is 412. The Balaban J connectivity index is 2.63. The van der Waals surface area contributed by atoms with Crippen molar-refractivity contribution in [1.29, 1.82) is 0 Å². The van der Waals surface area contributed by atoms with Gasteiger partial charge in [-0.2, -0.15) is 0 Å². The Labute approximate surface area is 120 Å². The van der Waals surface area contributed by atoms with Crippen LogP contribution < -0.4 is 10.5 Å². The van der Waals surface area contributed by atoms with Crippen molar-refractivity contribution in [2.75, 3.05) is 11.8 Å². The zero-order valence-corrected chi connectivity index (χ0v) is 11.3. The van der Waals surface area contributed by atoms with E-state index in [1.165, 1.54) is 12.1 Å². The van der Waals surface area contributed by atoms with Crippen LogP contribution in [0.3, 0.4) is 0 Å². The third-order valence-electron chi connectivity index (χ3n) is 2.41. The van der Waals surface area contributed by atoms with E-state index < -0.39 is 16.8 Å². The molecule has 0 saturated carbocycles. The summed E-state index contributed by atoms with van der Waals surface area (Å²) < 4.78 is 0. The van der Waals surface area contributed by atoms with Crippen LogP contribution in [0.5, 0.6) is 0 Å². The minimum Gasteiger partial charge on any atom is -0.394 e. The van der Waals surface area contributed by atoms with Gasteiger partial charge in [0.1, 0.15) is 0 Å². The summed E-state index contributed by atoms with van der Waals surface area (Å²) in [6.45, 7) is -0.264. The number of anilines is 1. The monoisotopic (exact) mass is 308 g/mol. The summed E-state index contributed by atoms with van der Waals surface area (Å²) in [6, 6.07) is 5.73. The SMILES string of the molecule is O=C(NC(CO)Cc1ccc(N(O)O)cc1)C(Cl)Cl. The molecule has 0 fully saturated rings. The fraction of sp³-hybridized carbons (Fsp3) is 0.364. The molecule has 8 heteroatoms. The van der Waals surface area contributed by atoms with E-state index >= 15 is 0 Å². The number of amides is 1. The number of nitrogens with zero attached hydrogens (tertiary/aromatic N) is 1. The number of hydrogen-bond donors (Lipinski definition) is 4. The van der Waals surface area contributed by atoms with Gasteiger partial charge in [-0.15, -0.1) is 5.23 Å². The second-order valence-corrected chi connectivity index (χ2v) is 4.95. The number of benzene rings is 1. The molecule has 1 unspecified atom stereocenters. The van der Waals surface area contributed by atoms with Gasteiger partial charge in [-0.3, -0.25) is 15.2 Å². The fourth-order valence-electron chi connectivity index (χ4n) is 1.48. The number of halogens is 2. The van der Waals surface area contributed by atoms with Gasteiger partial charge in [0.2, 0.25) is 0 Å². The average Bonchev–Trinajstić information content (AvgIpc) is 2.38. The number of aliphatic hydroxyl groups excluding tert-OH is 1. The lowest BCUT2D eigenvalue weighted by Gasteiger charge is -2.17. The predicted octanol–water partition coefficient (Wildman–Crippen LogP) is 1.09. The molecule has 0 radical (unpaired) electrons. The summed E-state index contributed by atoms with van der Waals surface area (Å²) in [5, 5.41) is 29.2. The molecule has 0 aliphatic heterocycles. The Morgan fingerprint density at radius 1 is 1.26 bits per heavy atom. The molecule has 1 aromatic rings. The third-order valence-corrected chi connectivity index (χ3v) is 2.81. The second-order valence-electron chi connectivity index (χ2n) is 3.85.